The molecular weight excluding hydrogens is 326 g/mol. The van der Waals surface area contributed by atoms with Crippen LogP contribution in [-0.4, -0.2) is 42.6 Å². The minimum atomic E-state index is -0.123. The van der Waals surface area contributed by atoms with Crippen molar-refractivity contribution >= 4 is 23.1 Å². The second-order valence-electron chi connectivity index (χ2n) is 6.31. The summed E-state index contributed by atoms with van der Waals surface area (Å²) < 4.78 is 0. The Morgan fingerprint density at radius 3 is 2.35 bits per heavy atom. The number of aliphatic imine (C=N–C) groups is 1. The van der Waals surface area contributed by atoms with Gasteiger partial charge in [0.15, 0.2) is 0 Å². The monoisotopic (exact) mass is 357 g/mol. The van der Waals surface area contributed by atoms with Gasteiger partial charge in [0.2, 0.25) is 0 Å². The van der Waals surface area contributed by atoms with Crippen LogP contribution >= 0.6 is 0 Å². The number of carbonyl (C=O) groups is 2. The zero-order valence-corrected chi connectivity index (χ0v) is 16.8. The molecule has 5 nitrogen and oxygen atoms in total. The highest BCUT2D eigenvalue weighted by Crippen LogP contribution is 2.20. The van der Waals surface area contributed by atoms with Gasteiger partial charge in [-0.15, -0.1) is 0 Å². The van der Waals surface area contributed by atoms with Gasteiger partial charge in [-0.2, -0.15) is 0 Å². The van der Waals surface area contributed by atoms with Crippen LogP contribution in [0, 0.1) is 0 Å². The molecule has 0 aliphatic carbocycles. The van der Waals surface area contributed by atoms with E-state index in [9.17, 15) is 9.59 Å². The molecule has 0 saturated carbocycles. The van der Waals surface area contributed by atoms with E-state index in [1.165, 1.54) is 0 Å². The molecule has 5 heteroatoms. The van der Waals surface area contributed by atoms with E-state index in [0.29, 0.717) is 17.8 Å². The quantitative estimate of drug-likeness (QED) is 0.717. The van der Waals surface area contributed by atoms with Crippen LogP contribution in [0.25, 0.3) is 5.57 Å². The molecule has 1 aromatic rings. The van der Waals surface area contributed by atoms with Crippen molar-refractivity contribution in [1.82, 2.24) is 10.2 Å². The maximum atomic E-state index is 12.6. The van der Waals surface area contributed by atoms with Crippen LogP contribution in [0.3, 0.4) is 0 Å². The van der Waals surface area contributed by atoms with E-state index in [2.05, 4.69) is 17.2 Å². The van der Waals surface area contributed by atoms with E-state index in [1.54, 1.807) is 20.0 Å². The predicted octanol–water partition coefficient (Wildman–Crippen LogP) is 3.91. The summed E-state index contributed by atoms with van der Waals surface area (Å²) >= 11 is 0. The second kappa shape index (κ2) is 10.5. The largest absolute Gasteiger partial charge is 0.355 e. The van der Waals surface area contributed by atoms with Crippen molar-refractivity contribution in [1.29, 1.82) is 0 Å². The average molecular weight is 357 g/mol. The van der Waals surface area contributed by atoms with Crippen LogP contribution in [0.1, 0.15) is 63.4 Å². The van der Waals surface area contributed by atoms with E-state index in [-0.39, 0.29) is 11.8 Å². The number of hydrogen-bond donors (Lipinski definition) is 1. The normalized spacial score (nSPS) is 12.5. The van der Waals surface area contributed by atoms with Gasteiger partial charge in [-0.3, -0.25) is 14.6 Å². The van der Waals surface area contributed by atoms with Gasteiger partial charge in [0.05, 0.1) is 0 Å². The molecule has 0 saturated heterocycles. The van der Waals surface area contributed by atoms with Gasteiger partial charge in [-0.05, 0) is 57.4 Å². The third-order valence-corrected chi connectivity index (χ3v) is 4.42. The van der Waals surface area contributed by atoms with Crippen molar-refractivity contribution in [3.8, 4) is 0 Å². The number of rotatable bonds is 8. The number of benzene rings is 1. The van der Waals surface area contributed by atoms with Crippen LogP contribution in [0.5, 0.6) is 0 Å². The Labute approximate surface area is 157 Å². The topological polar surface area (TPSA) is 61.8 Å². The first-order valence-electron chi connectivity index (χ1n) is 9.20. The van der Waals surface area contributed by atoms with E-state index in [4.69, 9.17) is 0 Å². The molecule has 26 heavy (non-hydrogen) atoms. The zero-order valence-electron chi connectivity index (χ0n) is 16.8. The van der Waals surface area contributed by atoms with Crippen LogP contribution in [0.15, 0.2) is 35.0 Å². The third-order valence-electron chi connectivity index (χ3n) is 4.42. The van der Waals surface area contributed by atoms with Gasteiger partial charge in [0.25, 0.3) is 11.8 Å². The molecule has 0 fully saturated rings. The lowest BCUT2D eigenvalue weighted by molar-refractivity contribution is -0.124. The minimum Gasteiger partial charge on any atom is -0.355 e. The predicted molar refractivity (Wildman–Crippen MR) is 108 cm³/mol. The average Bonchev–Trinajstić information content (AvgIpc) is 2.66. The van der Waals surface area contributed by atoms with Crippen molar-refractivity contribution in [3.63, 3.8) is 0 Å². The molecular formula is C21H31N3O2. The highest BCUT2D eigenvalue weighted by molar-refractivity contribution is 6.38. The Balaban J connectivity index is 3.08. The van der Waals surface area contributed by atoms with Crippen LogP contribution < -0.4 is 5.32 Å². The number of amides is 2. The highest BCUT2D eigenvalue weighted by atomic mass is 16.2. The van der Waals surface area contributed by atoms with Crippen molar-refractivity contribution in [2.24, 2.45) is 4.99 Å². The molecule has 2 amide bonds. The molecule has 0 aliphatic heterocycles. The van der Waals surface area contributed by atoms with Gasteiger partial charge in [-0.25, -0.2) is 0 Å². The van der Waals surface area contributed by atoms with Gasteiger partial charge in [0, 0.05) is 31.4 Å². The standard InChI is InChI=1S/C21H31N3O2/c1-7-9-13-24(8-2)21(26)17(5)23-16(4)15(3)18-11-10-12-19(14-18)20(25)22-6/h10-12,14H,7-9,13H2,1-6H3,(H,22,25)/b16-15+,23-17?. The summed E-state index contributed by atoms with van der Waals surface area (Å²) in [6, 6.07) is 7.40. The second-order valence-corrected chi connectivity index (χ2v) is 6.31. The number of nitrogens with zero attached hydrogens (tertiary/aromatic N) is 2. The van der Waals surface area contributed by atoms with Crippen LogP contribution in [0.2, 0.25) is 0 Å². The van der Waals surface area contributed by atoms with Gasteiger partial charge in [-0.1, -0.05) is 25.5 Å². The minimum absolute atomic E-state index is 0.0211. The van der Waals surface area contributed by atoms with Crippen LogP contribution in [0.4, 0.5) is 0 Å². The molecule has 0 unspecified atom stereocenters. The number of hydrogen-bond acceptors (Lipinski definition) is 3. The summed E-state index contributed by atoms with van der Waals surface area (Å²) in [6.07, 6.45) is 2.05. The molecule has 0 heterocycles. The van der Waals surface area contributed by atoms with Gasteiger partial charge in [0.1, 0.15) is 5.71 Å². The molecule has 0 aliphatic rings. The van der Waals surface area contributed by atoms with E-state index < -0.39 is 0 Å². The van der Waals surface area contributed by atoms with Crippen molar-refractivity contribution in [2.75, 3.05) is 20.1 Å². The van der Waals surface area contributed by atoms with Crippen molar-refractivity contribution < 1.29 is 9.59 Å². The summed E-state index contributed by atoms with van der Waals surface area (Å²) in [5.41, 5.74) is 3.73. The SMILES string of the molecule is CCCCN(CC)C(=O)C(C)=N/C(C)=C(\C)c1cccc(C(=O)NC)c1. The van der Waals surface area contributed by atoms with Crippen molar-refractivity contribution in [3.05, 3.63) is 41.1 Å². The van der Waals surface area contributed by atoms with E-state index in [1.807, 2.05) is 43.9 Å². The smallest absolute Gasteiger partial charge is 0.267 e. The lowest BCUT2D eigenvalue weighted by atomic mass is 10.0. The molecule has 1 N–H and O–H groups in total. The highest BCUT2D eigenvalue weighted by Gasteiger charge is 2.15. The third kappa shape index (κ3) is 5.83. The molecule has 0 aromatic heterocycles. The Hall–Kier alpha value is -2.43. The lowest BCUT2D eigenvalue weighted by Gasteiger charge is -2.20. The Kier molecular flexibility index (Phi) is 8.76. The molecule has 1 rings (SSSR count). The van der Waals surface area contributed by atoms with Gasteiger partial charge >= 0.3 is 0 Å². The lowest BCUT2D eigenvalue weighted by Crippen LogP contribution is -2.36. The molecule has 0 atom stereocenters. The summed E-state index contributed by atoms with van der Waals surface area (Å²) in [4.78, 5) is 30.8. The Bertz CT molecular complexity index is 705. The molecule has 1 aromatic carbocycles. The fourth-order valence-corrected chi connectivity index (χ4v) is 2.61. The molecule has 0 bridgehead atoms. The summed E-state index contributed by atoms with van der Waals surface area (Å²) in [7, 11) is 1.61. The summed E-state index contributed by atoms with van der Waals surface area (Å²) in [5, 5.41) is 2.63. The van der Waals surface area contributed by atoms with E-state index in [0.717, 1.165) is 36.2 Å². The first-order chi connectivity index (χ1) is 12.3. The first-order valence-corrected chi connectivity index (χ1v) is 9.20. The van der Waals surface area contributed by atoms with Crippen LogP contribution in [-0.2, 0) is 4.79 Å². The number of nitrogens with one attached hydrogen (secondary N) is 1. The first kappa shape index (κ1) is 21.6. The van der Waals surface area contributed by atoms with Gasteiger partial charge < -0.3 is 10.2 Å². The maximum absolute atomic E-state index is 12.6. The Morgan fingerprint density at radius 2 is 1.77 bits per heavy atom. The number of allylic oxidation sites excluding steroid dienone is 2. The number of unbranched alkanes of at least 4 members (excludes halogenated alkanes) is 1. The molecule has 142 valence electrons. The maximum Gasteiger partial charge on any atom is 0.267 e. The summed E-state index contributed by atoms with van der Waals surface area (Å²) in [6.45, 7) is 11.1. The summed E-state index contributed by atoms with van der Waals surface area (Å²) in [5.74, 6) is -0.145. The Morgan fingerprint density at radius 1 is 1.12 bits per heavy atom. The number of carbonyl (C=O) groups excluding carboxylic acids is 2. The fraction of sp³-hybridized carbons (Fsp3) is 0.476. The molecule has 0 spiro atoms. The van der Waals surface area contributed by atoms with Crippen molar-refractivity contribution in [2.45, 2.75) is 47.5 Å². The molecule has 0 radical (unpaired) electrons. The zero-order chi connectivity index (χ0) is 19.7. The van der Waals surface area contributed by atoms with E-state index >= 15 is 0 Å². The fourth-order valence-electron chi connectivity index (χ4n) is 2.61.